The van der Waals surface area contributed by atoms with Crippen molar-refractivity contribution in [2.75, 3.05) is 44.2 Å². The van der Waals surface area contributed by atoms with Gasteiger partial charge in [0.25, 0.3) is 0 Å². The Morgan fingerprint density at radius 1 is 1.29 bits per heavy atom. The number of carbonyl (C=O) groups excluding carboxylic acids is 1. The average Bonchev–Trinajstić information content (AvgIpc) is 2.48. The van der Waals surface area contributed by atoms with E-state index >= 15 is 0 Å². The molecule has 6 nitrogen and oxygen atoms in total. The lowest BCUT2D eigenvalue weighted by Crippen LogP contribution is -2.54. The molecule has 2 N–H and O–H groups in total. The second-order valence-electron chi connectivity index (χ2n) is 5.86. The van der Waals surface area contributed by atoms with Crippen LogP contribution < -0.4 is 5.32 Å². The Hall–Kier alpha value is -0.950. The minimum Gasteiger partial charge on any atom is -0.480 e. The Morgan fingerprint density at radius 2 is 2.00 bits per heavy atom. The van der Waals surface area contributed by atoms with Crippen LogP contribution in [0.5, 0.6) is 0 Å². The molecule has 2 amide bonds. The predicted molar refractivity (Wildman–Crippen MR) is 83.7 cm³/mol. The van der Waals surface area contributed by atoms with Crippen LogP contribution in [0.2, 0.25) is 0 Å². The van der Waals surface area contributed by atoms with Gasteiger partial charge in [-0.15, -0.1) is 0 Å². The second-order valence-corrected chi connectivity index (χ2v) is 7.09. The molecule has 0 bridgehead atoms. The Kier molecular flexibility index (Phi) is 6.17. The third-order valence-corrected chi connectivity index (χ3v) is 5.16. The van der Waals surface area contributed by atoms with Crippen molar-refractivity contribution in [2.24, 2.45) is 5.92 Å². The SMILES string of the molecule is CC1CCN(C(=O)NCCN2CCSCC2)C(C(=O)O)C1. The van der Waals surface area contributed by atoms with Gasteiger partial charge in [0.05, 0.1) is 0 Å². The van der Waals surface area contributed by atoms with Crippen molar-refractivity contribution < 1.29 is 14.7 Å². The quantitative estimate of drug-likeness (QED) is 0.807. The molecule has 2 fully saturated rings. The number of rotatable bonds is 4. The molecule has 21 heavy (non-hydrogen) atoms. The van der Waals surface area contributed by atoms with Crippen molar-refractivity contribution in [3.05, 3.63) is 0 Å². The van der Waals surface area contributed by atoms with E-state index in [1.807, 2.05) is 18.7 Å². The lowest BCUT2D eigenvalue weighted by molar-refractivity contribution is -0.143. The highest BCUT2D eigenvalue weighted by Gasteiger charge is 2.34. The van der Waals surface area contributed by atoms with Crippen LogP contribution >= 0.6 is 11.8 Å². The molecule has 2 aliphatic rings. The number of carboxylic acid groups (broad SMARTS) is 1. The molecule has 2 aliphatic heterocycles. The van der Waals surface area contributed by atoms with Crippen LogP contribution in [0.25, 0.3) is 0 Å². The van der Waals surface area contributed by atoms with Crippen molar-refractivity contribution in [3.8, 4) is 0 Å². The van der Waals surface area contributed by atoms with Gasteiger partial charge in [-0.05, 0) is 18.8 Å². The largest absolute Gasteiger partial charge is 0.480 e. The van der Waals surface area contributed by atoms with E-state index < -0.39 is 12.0 Å². The summed E-state index contributed by atoms with van der Waals surface area (Å²) in [6.45, 7) is 6.14. The van der Waals surface area contributed by atoms with Crippen LogP contribution in [0.1, 0.15) is 19.8 Å². The number of hydrogen-bond donors (Lipinski definition) is 2. The number of amides is 2. The molecule has 2 atom stereocenters. The Morgan fingerprint density at radius 3 is 2.67 bits per heavy atom. The highest BCUT2D eigenvalue weighted by Crippen LogP contribution is 2.22. The predicted octanol–water partition coefficient (Wildman–Crippen LogP) is 0.930. The molecule has 0 radical (unpaired) electrons. The molecule has 120 valence electrons. The molecule has 2 unspecified atom stereocenters. The standard InChI is InChI=1S/C14H25N3O3S/c1-11-2-4-17(12(10-11)13(18)19)14(20)15-3-5-16-6-8-21-9-7-16/h11-12H,2-10H2,1H3,(H,15,20)(H,18,19). The average molecular weight is 315 g/mol. The molecule has 0 aromatic carbocycles. The fourth-order valence-corrected chi connectivity index (χ4v) is 3.84. The molecule has 0 aliphatic carbocycles. The number of thioether (sulfide) groups is 1. The molecule has 0 aromatic heterocycles. The van der Waals surface area contributed by atoms with Gasteiger partial charge in [0.15, 0.2) is 0 Å². The van der Waals surface area contributed by atoms with Crippen LogP contribution in [0, 0.1) is 5.92 Å². The van der Waals surface area contributed by atoms with Gasteiger partial charge in [-0.25, -0.2) is 9.59 Å². The number of urea groups is 1. The van der Waals surface area contributed by atoms with Gasteiger partial charge in [0, 0.05) is 44.2 Å². The zero-order valence-electron chi connectivity index (χ0n) is 12.6. The van der Waals surface area contributed by atoms with Crippen LogP contribution in [0.3, 0.4) is 0 Å². The van der Waals surface area contributed by atoms with Gasteiger partial charge in [-0.1, -0.05) is 6.92 Å². The maximum Gasteiger partial charge on any atom is 0.326 e. The molecule has 0 aromatic rings. The Balaban J connectivity index is 1.77. The molecule has 2 heterocycles. The van der Waals surface area contributed by atoms with Gasteiger partial charge in [0.2, 0.25) is 0 Å². The lowest BCUT2D eigenvalue weighted by atomic mass is 9.93. The second kappa shape index (κ2) is 7.89. The first kappa shape index (κ1) is 16.4. The molecule has 2 saturated heterocycles. The summed E-state index contributed by atoms with van der Waals surface area (Å²) in [6.07, 6.45) is 1.42. The van der Waals surface area contributed by atoms with Crippen LogP contribution in [0.15, 0.2) is 0 Å². The molecule has 0 spiro atoms. The number of piperidine rings is 1. The molecular formula is C14H25N3O3S. The molecule has 2 rings (SSSR count). The number of aliphatic carboxylic acids is 1. The van der Waals surface area contributed by atoms with E-state index in [2.05, 4.69) is 10.2 Å². The zero-order valence-corrected chi connectivity index (χ0v) is 13.4. The number of carbonyl (C=O) groups is 2. The van der Waals surface area contributed by atoms with Gasteiger partial charge in [-0.3, -0.25) is 4.90 Å². The van der Waals surface area contributed by atoms with Crippen LogP contribution in [0.4, 0.5) is 4.79 Å². The van der Waals surface area contributed by atoms with E-state index in [9.17, 15) is 14.7 Å². The number of hydrogen-bond acceptors (Lipinski definition) is 4. The minimum absolute atomic E-state index is 0.235. The molecule has 7 heteroatoms. The third kappa shape index (κ3) is 4.78. The Bertz CT molecular complexity index is 374. The summed E-state index contributed by atoms with van der Waals surface area (Å²) < 4.78 is 0. The molecule has 0 saturated carbocycles. The maximum absolute atomic E-state index is 12.2. The Labute approximate surface area is 130 Å². The van der Waals surface area contributed by atoms with E-state index in [0.717, 1.165) is 37.6 Å². The summed E-state index contributed by atoms with van der Waals surface area (Å²) in [7, 11) is 0. The summed E-state index contributed by atoms with van der Waals surface area (Å²) in [5, 5.41) is 12.1. The van der Waals surface area contributed by atoms with Crippen molar-refractivity contribution in [1.82, 2.24) is 15.1 Å². The monoisotopic (exact) mass is 315 g/mol. The summed E-state index contributed by atoms with van der Waals surface area (Å²) in [5.74, 6) is 1.77. The van der Waals surface area contributed by atoms with Crippen LogP contribution in [-0.2, 0) is 4.79 Å². The van der Waals surface area contributed by atoms with E-state index in [-0.39, 0.29) is 6.03 Å². The van der Waals surface area contributed by atoms with Gasteiger partial charge in [-0.2, -0.15) is 11.8 Å². The fraction of sp³-hybridized carbons (Fsp3) is 0.857. The van der Waals surface area contributed by atoms with E-state index in [0.29, 0.717) is 25.4 Å². The van der Waals surface area contributed by atoms with Gasteiger partial charge in [0.1, 0.15) is 6.04 Å². The summed E-state index contributed by atoms with van der Waals surface area (Å²) in [4.78, 5) is 27.3. The molecular weight excluding hydrogens is 290 g/mol. The third-order valence-electron chi connectivity index (χ3n) is 4.22. The number of nitrogens with one attached hydrogen (secondary N) is 1. The normalized spacial score (nSPS) is 27.4. The number of nitrogens with zero attached hydrogens (tertiary/aromatic N) is 2. The van der Waals surface area contributed by atoms with Crippen molar-refractivity contribution in [2.45, 2.75) is 25.8 Å². The fourth-order valence-electron chi connectivity index (χ4n) is 2.87. The van der Waals surface area contributed by atoms with Crippen molar-refractivity contribution >= 4 is 23.8 Å². The lowest BCUT2D eigenvalue weighted by Gasteiger charge is -2.36. The summed E-state index contributed by atoms with van der Waals surface area (Å²) in [5.41, 5.74) is 0. The van der Waals surface area contributed by atoms with Gasteiger partial charge >= 0.3 is 12.0 Å². The zero-order chi connectivity index (χ0) is 15.2. The minimum atomic E-state index is -0.898. The number of carboxylic acids is 1. The first-order chi connectivity index (χ1) is 10.1. The summed E-state index contributed by atoms with van der Waals surface area (Å²) in [6, 6.07) is -0.916. The van der Waals surface area contributed by atoms with Crippen LogP contribution in [-0.4, -0.2) is 77.2 Å². The maximum atomic E-state index is 12.2. The topological polar surface area (TPSA) is 72.9 Å². The highest BCUT2D eigenvalue weighted by atomic mass is 32.2. The number of likely N-dealkylation sites (tertiary alicyclic amines) is 1. The van der Waals surface area contributed by atoms with Crippen molar-refractivity contribution in [3.63, 3.8) is 0 Å². The van der Waals surface area contributed by atoms with E-state index in [4.69, 9.17) is 0 Å². The van der Waals surface area contributed by atoms with Gasteiger partial charge < -0.3 is 15.3 Å². The van der Waals surface area contributed by atoms with E-state index in [1.165, 1.54) is 4.90 Å². The highest BCUT2D eigenvalue weighted by molar-refractivity contribution is 7.99. The van der Waals surface area contributed by atoms with E-state index in [1.54, 1.807) is 0 Å². The van der Waals surface area contributed by atoms with Crippen molar-refractivity contribution in [1.29, 1.82) is 0 Å². The first-order valence-electron chi connectivity index (χ1n) is 7.65. The smallest absolute Gasteiger partial charge is 0.326 e. The first-order valence-corrected chi connectivity index (χ1v) is 8.80. The summed E-state index contributed by atoms with van der Waals surface area (Å²) >= 11 is 1.96.